The molecule has 35 heavy (non-hydrogen) atoms. The molecule has 0 aliphatic heterocycles. The van der Waals surface area contributed by atoms with Crippen LogP contribution in [0.1, 0.15) is 80.5 Å². The number of carbonyl (C=O) groups excluding carboxylic acids is 1. The molecule has 1 N–H and O–H groups in total. The Bertz CT molecular complexity index is 1120. The second-order valence-corrected chi connectivity index (χ2v) is 9.86. The van der Waals surface area contributed by atoms with Crippen LogP contribution in [0.25, 0.3) is 11.0 Å². The van der Waals surface area contributed by atoms with Gasteiger partial charge in [-0.05, 0) is 67.6 Å². The smallest absolute Gasteiger partial charge is 0.254 e. The molecule has 1 aliphatic rings. The third-order valence-electron chi connectivity index (χ3n) is 7.06. The first-order valence-corrected chi connectivity index (χ1v) is 13.3. The van der Waals surface area contributed by atoms with Crippen LogP contribution in [0.5, 0.6) is 0 Å². The molecule has 1 fully saturated rings. The second kappa shape index (κ2) is 12.3. The number of nitrogens with zero attached hydrogens (tertiary/aromatic N) is 3. The Balaban J connectivity index is 1.49. The molecule has 1 saturated carbocycles. The van der Waals surface area contributed by atoms with Crippen molar-refractivity contribution in [3.63, 3.8) is 0 Å². The number of fused-ring (bicyclic) bond motifs is 1. The van der Waals surface area contributed by atoms with Gasteiger partial charge in [0.2, 0.25) is 0 Å². The fraction of sp³-hybridized carbons (Fsp3) is 0.517. The Kier molecular flexibility index (Phi) is 8.91. The van der Waals surface area contributed by atoms with E-state index in [1.807, 2.05) is 6.92 Å². The fourth-order valence-corrected chi connectivity index (χ4v) is 5.26. The van der Waals surface area contributed by atoms with Crippen LogP contribution in [0.2, 0.25) is 0 Å². The molecule has 2 aromatic carbocycles. The predicted octanol–water partition coefficient (Wildman–Crippen LogP) is 6.31. The van der Waals surface area contributed by atoms with Gasteiger partial charge in [0, 0.05) is 25.2 Å². The Labute approximate surface area is 208 Å². The molecule has 5 nitrogen and oxygen atoms in total. The summed E-state index contributed by atoms with van der Waals surface area (Å²) in [4.78, 5) is 19.9. The molecule has 1 aliphatic carbocycles. The van der Waals surface area contributed by atoms with Crippen molar-refractivity contribution in [2.75, 3.05) is 13.1 Å². The van der Waals surface area contributed by atoms with E-state index in [2.05, 4.69) is 35.0 Å². The largest absolute Gasteiger partial charge is 0.331 e. The van der Waals surface area contributed by atoms with Gasteiger partial charge in [0.05, 0.1) is 17.6 Å². The molecule has 0 radical (unpaired) electrons. The van der Waals surface area contributed by atoms with E-state index >= 15 is 0 Å². The van der Waals surface area contributed by atoms with Crippen molar-refractivity contribution < 1.29 is 9.18 Å². The quantitative estimate of drug-likeness (QED) is 0.311. The summed E-state index contributed by atoms with van der Waals surface area (Å²) in [5, 5.41) is 3.61. The standard InChI is InChI=1S/C29H39FN4O/c1-3-16-33(29(35)24-10-7-11-25(30)19-24)21-28-32-26-18-23(12-13-27(26)34(28)17-4-2)20-31-15-14-22-8-5-6-9-22/h7,10-13,18-19,22,31H,3-6,8-9,14-17,20-21H2,1-2H3. The lowest BCUT2D eigenvalue weighted by Crippen LogP contribution is -2.32. The molecular weight excluding hydrogens is 439 g/mol. The zero-order valence-corrected chi connectivity index (χ0v) is 21.2. The third-order valence-corrected chi connectivity index (χ3v) is 7.06. The summed E-state index contributed by atoms with van der Waals surface area (Å²) in [6.07, 6.45) is 8.65. The van der Waals surface area contributed by atoms with Crippen LogP contribution >= 0.6 is 0 Å². The van der Waals surface area contributed by atoms with E-state index in [1.54, 1.807) is 17.0 Å². The monoisotopic (exact) mass is 478 g/mol. The van der Waals surface area contributed by atoms with E-state index in [4.69, 9.17) is 4.98 Å². The van der Waals surface area contributed by atoms with Crippen LogP contribution in [0.3, 0.4) is 0 Å². The number of benzene rings is 2. The van der Waals surface area contributed by atoms with E-state index in [9.17, 15) is 9.18 Å². The molecule has 1 amide bonds. The maximum atomic E-state index is 13.7. The average molecular weight is 479 g/mol. The molecule has 0 spiro atoms. The van der Waals surface area contributed by atoms with Crippen LogP contribution in [0.15, 0.2) is 42.5 Å². The van der Waals surface area contributed by atoms with Gasteiger partial charge >= 0.3 is 0 Å². The highest BCUT2D eigenvalue weighted by Gasteiger charge is 2.20. The number of rotatable bonds is 12. The van der Waals surface area contributed by atoms with E-state index in [-0.39, 0.29) is 5.91 Å². The zero-order valence-electron chi connectivity index (χ0n) is 21.2. The minimum absolute atomic E-state index is 0.159. The van der Waals surface area contributed by atoms with E-state index in [0.717, 1.165) is 55.3 Å². The molecule has 1 aromatic heterocycles. The summed E-state index contributed by atoms with van der Waals surface area (Å²) in [6.45, 7) is 7.96. The number of aryl methyl sites for hydroxylation is 1. The van der Waals surface area contributed by atoms with Crippen molar-refractivity contribution in [2.24, 2.45) is 5.92 Å². The Morgan fingerprint density at radius 1 is 1.14 bits per heavy atom. The number of amides is 1. The fourth-order valence-electron chi connectivity index (χ4n) is 5.26. The Morgan fingerprint density at radius 3 is 2.71 bits per heavy atom. The highest BCUT2D eigenvalue weighted by molar-refractivity contribution is 5.94. The van der Waals surface area contributed by atoms with Crippen LogP contribution < -0.4 is 5.32 Å². The van der Waals surface area contributed by atoms with Gasteiger partial charge in [-0.3, -0.25) is 4.79 Å². The zero-order chi connectivity index (χ0) is 24.6. The Morgan fingerprint density at radius 2 is 1.97 bits per heavy atom. The van der Waals surface area contributed by atoms with Crippen LogP contribution in [-0.2, 0) is 19.6 Å². The lowest BCUT2D eigenvalue weighted by atomic mass is 10.0. The predicted molar refractivity (Wildman–Crippen MR) is 140 cm³/mol. The second-order valence-electron chi connectivity index (χ2n) is 9.86. The summed E-state index contributed by atoms with van der Waals surface area (Å²) in [5.41, 5.74) is 3.69. The SMILES string of the molecule is CCCN(Cc1nc2cc(CNCCC3CCCC3)ccc2n1CCC)C(=O)c1cccc(F)c1. The average Bonchev–Trinajstić information content (AvgIpc) is 3.49. The normalized spacial score (nSPS) is 14.1. The van der Waals surface area contributed by atoms with Crippen molar-refractivity contribution in [3.05, 3.63) is 65.2 Å². The summed E-state index contributed by atoms with van der Waals surface area (Å²) in [5.74, 6) is 1.23. The van der Waals surface area contributed by atoms with Crippen molar-refractivity contribution >= 4 is 16.9 Å². The number of imidazole rings is 1. The molecular formula is C29H39FN4O. The molecule has 1 heterocycles. The van der Waals surface area contributed by atoms with Crippen molar-refractivity contribution in [3.8, 4) is 0 Å². The number of hydrogen-bond acceptors (Lipinski definition) is 3. The highest BCUT2D eigenvalue weighted by atomic mass is 19.1. The molecule has 0 saturated heterocycles. The topological polar surface area (TPSA) is 50.2 Å². The van der Waals surface area contributed by atoms with Gasteiger partial charge in [-0.25, -0.2) is 9.37 Å². The first-order valence-electron chi connectivity index (χ1n) is 13.3. The third kappa shape index (κ3) is 6.49. The van der Waals surface area contributed by atoms with Gasteiger partial charge in [-0.1, -0.05) is 51.7 Å². The highest BCUT2D eigenvalue weighted by Crippen LogP contribution is 2.27. The first kappa shape index (κ1) is 25.4. The lowest BCUT2D eigenvalue weighted by molar-refractivity contribution is 0.0736. The first-order chi connectivity index (χ1) is 17.1. The Hall–Kier alpha value is -2.73. The summed E-state index contributed by atoms with van der Waals surface area (Å²) in [7, 11) is 0. The van der Waals surface area contributed by atoms with Gasteiger partial charge in [0.15, 0.2) is 0 Å². The van der Waals surface area contributed by atoms with Crippen molar-refractivity contribution in [1.82, 2.24) is 19.8 Å². The molecule has 188 valence electrons. The minimum Gasteiger partial charge on any atom is -0.331 e. The van der Waals surface area contributed by atoms with E-state index < -0.39 is 5.82 Å². The molecule has 4 rings (SSSR count). The number of halogens is 1. The maximum Gasteiger partial charge on any atom is 0.254 e. The summed E-state index contributed by atoms with van der Waals surface area (Å²) in [6, 6.07) is 12.5. The van der Waals surface area contributed by atoms with Crippen LogP contribution in [0.4, 0.5) is 4.39 Å². The maximum absolute atomic E-state index is 13.7. The van der Waals surface area contributed by atoms with E-state index in [1.165, 1.54) is 49.8 Å². The molecule has 3 aromatic rings. The minimum atomic E-state index is -0.394. The van der Waals surface area contributed by atoms with Gasteiger partial charge in [-0.15, -0.1) is 0 Å². The molecule has 0 atom stereocenters. The summed E-state index contributed by atoms with van der Waals surface area (Å²) >= 11 is 0. The van der Waals surface area contributed by atoms with E-state index in [0.29, 0.717) is 18.7 Å². The van der Waals surface area contributed by atoms with Crippen molar-refractivity contribution in [2.45, 2.75) is 78.4 Å². The molecule has 0 unspecified atom stereocenters. The summed E-state index contributed by atoms with van der Waals surface area (Å²) < 4.78 is 16.0. The molecule has 0 bridgehead atoms. The lowest BCUT2D eigenvalue weighted by Gasteiger charge is -2.22. The number of carbonyl (C=O) groups is 1. The van der Waals surface area contributed by atoms with Gasteiger partial charge in [0.1, 0.15) is 11.6 Å². The number of aromatic nitrogens is 2. The van der Waals surface area contributed by atoms with Gasteiger partial charge < -0.3 is 14.8 Å². The van der Waals surface area contributed by atoms with Crippen LogP contribution in [0, 0.1) is 11.7 Å². The van der Waals surface area contributed by atoms with Gasteiger partial charge in [0.25, 0.3) is 5.91 Å². The number of nitrogens with one attached hydrogen (secondary N) is 1. The van der Waals surface area contributed by atoms with Crippen LogP contribution in [-0.4, -0.2) is 33.4 Å². The number of hydrogen-bond donors (Lipinski definition) is 1. The molecule has 6 heteroatoms. The van der Waals surface area contributed by atoms with Crippen molar-refractivity contribution in [1.29, 1.82) is 0 Å². The van der Waals surface area contributed by atoms with Gasteiger partial charge in [-0.2, -0.15) is 0 Å².